The highest BCUT2D eigenvalue weighted by atomic mass is 16.7. The van der Waals surface area contributed by atoms with Crippen LogP contribution in [0.5, 0.6) is 0 Å². The number of methoxy groups -OCH3 is 2. The van der Waals surface area contributed by atoms with Gasteiger partial charge in [-0.15, -0.1) is 0 Å². The quantitative estimate of drug-likeness (QED) is 0.144. The number of aliphatic hydroxyl groups excluding tert-OH is 2. The predicted molar refractivity (Wildman–Crippen MR) is 236 cm³/mol. The smallest absolute Gasteiger partial charge is 0.317 e. The highest BCUT2D eigenvalue weighted by Gasteiger charge is 2.55. The fourth-order valence-electron chi connectivity index (χ4n) is 9.88. The molecular weight excluding hydrogens is 847 g/mol. The predicted octanol–water partition coefficient (Wildman–Crippen LogP) is 4.12. The van der Waals surface area contributed by atoms with Gasteiger partial charge < -0.3 is 62.9 Å². The number of likely N-dealkylation sites (N-methyl/N-ethyl adjacent to an activating group) is 1. The first-order valence-corrected chi connectivity index (χ1v) is 22.9. The number of ether oxygens (including phenoxy) is 9. The maximum Gasteiger partial charge on any atom is 0.317 e. The molecule has 3 saturated heterocycles. The van der Waals surface area contributed by atoms with Gasteiger partial charge in [0.2, 0.25) is 0 Å². The minimum atomic E-state index is -2.03. The number of hydrogen-bond acceptors (Lipinski definition) is 17. The van der Waals surface area contributed by atoms with E-state index < -0.39 is 120 Å². The lowest BCUT2D eigenvalue weighted by Gasteiger charge is -2.50. The van der Waals surface area contributed by atoms with E-state index >= 15 is 0 Å². The molecule has 1 aromatic rings. The number of Topliss-reactive ketones (excluding diaryl/α,β-unsaturated/α-hetero) is 1. The van der Waals surface area contributed by atoms with E-state index in [9.17, 15) is 34.5 Å². The number of hydrogen-bond donors (Lipinski definition) is 3. The summed E-state index contributed by atoms with van der Waals surface area (Å²) in [4.78, 5) is 56.3. The van der Waals surface area contributed by atoms with Gasteiger partial charge in [0.05, 0.1) is 42.0 Å². The Morgan fingerprint density at radius 2 is 1.46 bits per heavy atom. The molecule has 0 aliphatic carbocycles. The Balaban J connectivity index is 1.73. The molecule has 0 spiro atoms. The van der Waals surface area contributed by atoms with Crippen LogP contribution in [0.2, 0.25) is 0 Å². The molecule has 3 heterocycles. The third-order valence-corrected chi connectivity index (χ3v) is 14.0. The maximum absolute atomic E-state index is 14.5. The minimum absolute atomic E-state index is 0.00754. The van der Waals surface area contributed by atoms with Crippen molar-refractivity contribution in [3.63, 3.8) is 0 Å². The molecule has 0 aromatic heterocycles. The second-order valence-corrected chi connectivity index (χ2v) is 19.4. The number of ketones is 1. The number of benzene rings is 1. The molecule has 2 unspecified atom stereocenters. The molecule has 0 bridgehead atoms. The van der Waals surface area contributed by atoms with Crippen LogP contribution in [0.15, 0.2) is 30.3 Å². The number of esters is 3. The van der Waals surface area contributed by atoms with Crippen molar-refractivity contribution in [2.45, 2.75) is 192 Å². The second kappa shape index (κ2) is 22.8. The van der Waals surface area contributed by atoms with Crippen LogP contribution in [0, 0.1) is 23.7 Å². The Morgan fingerprint density at radius 3 is 2.05 bits per heavy atom. The average molecular weight is 924 g/mol. The Bertz CT molecular complexity index is 1730. The van der Waals surface area contributed by atoms with E-state index in [0.717, 1.165) is 5.56 Å². The molecule has 3 N–H and O–H groups in total. The number of aliphatic hydroxyl groups is 3. The molecule has 65 heavy (non-hydrogen) atoms. The molecule has 0 amide bonds. The van der Waals surface area contributed by atoms with Crippen LogP contribution in [-0.4, -0.2) is 156 Å². The van der Waals surface area contributed by atoms with Crippen LogP contribution < -0.4 is 0 Å². The number of rotatable bonds is 13. The van der Waals surface area contributed by atoms with Gasteiger partial charge in [-0.1, -0.05) is 58.0 Å². The number of nitrogens with zero attached hydrogens (tertiary/aromatic N) is 1. The zero-order chi connectivity index (χ0) is 48.8. The van der Waals surface area contributed by atoms with Gasteiger partial charge in [0.1, 0.15) is 42.2 Å². The molecule has 17 heteroatoms. The fraction of sp³-hybridized carbons (Fsp3) is 0.792. The van der Waals surface area contributed by atoms with Crippen LogP contribution in [0.1, 0.15) is 107 Å². The van der Waals surface area contributed by atoms with Crippen molar-refractivity contribution >= 4 is 23.7 Å². The first-order valence-electron chi connectivity index (χ1n) is 22.9. The maximum atomic E-state index is 14.5. The van der Waals surface area contributed by atoms with E-state index in [0.29, 0.717) is 6.42 Å². The van der Waals surface area contributed by atoms with Gasteiger partial charge >= 0.3 is 17.9 Å². The van der Waals surface area contributed by atoms with Crippen molar-refractivity contribution in [2.24, 2.45) is 23.7 Å². The van der Waals surface area contributed by atoms with E-state index in [-0.39, 0.29) is 43.8 Å². The van der Waals surface area contributed by atoms with Crippen LogP contribution >= 0.6 is 0 Å². The third kappa shape index (κ3) is 12.9. The van der Waals surface area contributed by atoms with Crippen molar-refractivity contribution in [2.75, 3.05) is 28.3 Å². The van der Waals surface area contributed by atoms with E-state index in [1.165, 1.54) is 28.1 Å². The molecule has 18 atom stereocenters. The summed E-state index contributed by atoms with van der Waals surface area (Å²) in [7, 11) is 6.65. The minimum Gasteiger partial charge on any atom is -0.460 e. The second-order valence-electron chi connectivity index (χ2n) is 19.4. The van der Waals surface area contributed by atoms with E-state index in [2.05, 4.69) is 0 Å². The molecule has 370 valence electrons. The monoisotopic (exact) mass is 924 g/mol. The SMILES string of the molecule is CC[C@H]1OC(=O)[C@H](C)[C@@H](OC2C[C@@](C)(OC)[C@@H](OC(=O)CC(=O)OCc3ccccc3)[C@H](C)O2)[C@H](C)[C@@H](OC2O[C@H](C)C[C@H](N(C)C)[C@H]2O)[C@](C)(OC)C[C@@H](C)C(=O)[C@H](C)[C@@H](O)[C@]1(C)O. The van der Waals surface area contributed by atoms with Gasteiger partial charge in [0.25, 0.3) is 0 Å². The molecule has 0 saturated carbocycles. The standard InChI is InChI=1S/C48H77NO16/c1-15-34-48(10,56)41(54)28(4)38(52)26(2)23-46(8,57-13)42(65-45-39(53)33(49(11)12)21-27(3)60-45)29(5)40(30(6)44(55)62-34)64-37-24-47(9,58-14)43(31(7)61-37)63-36(51)22-35(50)59-25-32-19-17-16-18-20-32/h16-20,26-31,33-34,37,39-43,45,53-54,56H,15,21-25H2,1-14H3/t26-,27-,28+,29+,30-,31+,33+,34-,37?,39-,40+,41-,42-,43+,45?,46-,47-,48-/m1/s1. The van der Waals surface area contributed by atoms with Gasteiger partial charge in [-0.25, -0.2) is 0 Å². The lowest BCUT2D eigenvalue weighted by molar-refractivity contribution is -0.320. The van der Waals surface area contributed by atoms with Gasteiger partial charge in [-0.2, -0.15) is 0 Å². The van der Waals surface area contributed by atoms with Crippen molar-refractivity contribution in [3.8, 4) is 0 Å². The number of carbonyl (C=O) groups is 4. The van der Waals surface area contributed by atoms with E-state index in [4.69, 9.17) is 42.6 Å². The number of carbonyl (C=O) groups excluding carboxylic acids is 4. The zero-order valence-electron chi connectivity index (χ0n) is 40.9. The largest absolute Gasteiger partial charge is 0.460 e. The normalized spacial score (nSPS) is 41.3. The average Bonchev–Trinajstić information content (AvgIpc) is 3.26. The molecule has 17 nitrogen and oxygen atoms in total. The molecule has 1 aromatic carbocycles. The summed E-state index contributed by atoms with van der Waals surface area (Å²) in [6.07, 6.45) is -10.5. The van der Waals surface area contributed by atoms with Crippen LogP contribution in [-0.2, 0) is 68.4 Å². The number of cyclic esters (lactones) is 1. The van der Waals surface area contributed by atoms with E-state index in [1.54, 1.807) is 60.6 Å². The lowest BCUT2D eigenvalue weighted by atomic mass is 9.74. The molecule has 4 rings (SSSR count). The lowest BCUT2D eigenvalue weighted by Crippen LogP contribution is -2.61. The van der Waals surface area contributed by atoms with Crippen molar-refractivity contribution in [1.82, 2.24) is 4.90 Å². The van der Waals surface area contributed by atoms with Crippen LogP contribution in [0.3, 0.4) is 0 Å². The third-order valence-electron chi connectivity index (χ3n) is 14.0. The Morgan fingerprint density at radius 1 is 0.846 bits per heavy atom. The van der Waals surface area contributed by atoms with Gasteiger partial charge in [-0.05, 0) is 80.5 Å². The molecule has 3 aliphatic heterocycles. The zero-order valence-corrected chi connectivity index (χ0v) is 40.9. The van der Waals surface area contributed by atoms with Crippen molar-refractivity contribution in [1.29, 1.82) is 0 Å². The summed E-state index contributed by atoms with van der Waals surface area (Å²) >= 11 is 0. The molecular formula is C48H77NO16. The molecule has 0 radical (unpaired) electrons. The topological polar surface area (TPSA) is 215 Å². The summed E-state index contributed by atoms with van der Waals surface area (Å²) < 4.78 is 55.9. The van der Waals surface area contributed by atoms with Gasteiger partial charge in [0, 0.05) is 44.4 Å². The van der Waals surface area contributed by atoms with Crippen molar-refractivity contribution in [3.05, 3.63) is 35.9 Å². The van der Waals surface area contributed by atoms with Crippen LogP contribution in [0.25, 0.3) is 0 Å². The van der Waals surface area contributed by atoms with Crippen LogP contribution in [0.4, 0.5) is 0 Å². The molecule has 3 fully saturated rings. The summed E-state index contributed by atoms with van der Waals surface area (Å²) in [5, 5.41) is 35.1. The van der Waals surface area contributed by atoms with Gasteiger partial charge in [0.15, 0.2) is 18.7 Å². The van der Waals surface area contributed by atoms with Crippen molar-refractivity contribution < 1.29 is 77.1 Å². The summed E-state index contributed by atoms with van der Waals surface area (Å²) in [5.74, 6) is -6.46. The van der Waals surface area contributed by atoms with Gasteiger partial charge in [-0.3, -0.25) is 19.2 Å². The summed E-state index contributed by atoms with van der Waals surface area (Å²) in [5.41, 5.74) is -3.83. The fourth-order valence-corrected chi connectivity index (χ4v) is 9.88. The Hall–Kier alpha value is -3.10. The molecule has 3 aliphatic rings. The first kappa shape index (κ1) is 54.5. The highest BCUT2D eigenvalue weighted by Crippen LogP contribution is 2.42. The first-order chi connectivity index (χ1) is 30.3. The summed E-state index contributed by atoms with van der Waals surface area (Å²) in [6, 6.07) is 8.72. The summed E-state index contributed by atoms with van der Waals surface area (Å²) in [6.45, 7) is 16.8. The Labute approximate surface area is 385 Å². The Kier molecular flexibility index (Phi) is 19.1. The highest BCUT2D eigenvalue weighted by molar-refractivity contribution is 5.91. The van der Waals surface area contributed by atoms with E-state index in [1.807, 2.05) is 44.1 Å².